The minimum absolute atomic E-state index is 0.0239. The summed E-state index contributed by atoms with van der Waals surface area (Å²) < 4.78 is 24.6. The Morgan fingerprint density at radius 2 is 1.55 bits per heavy atom. The minimum Gasteiger partial charge on any atom is -0.368 e. The van der Waals surface area contributed by atoms with Crippen LogP contribution in [0, 0.1) is 0 Å². The summed E-state index contributed by atoms with van der Waals surface area (Å²) in [7, 11) is -3.21. The summed E-state index contributed by atoms with van der Waals surface area (Å²) in [5.41, 5.74) is 2.48. The molecule has 2 aliphatic rings. The second-order valence-corrected chi connectivity index (χ2v) is 11.4. The molecule has 0 unspecified atom stereocenters. The van der Waals surface area contributed by atoms with Crippen molar-refractivity contribution in [2.75, 3.05) is 50.4 Å². The lowest BCUT2D eigenvalue weighted by atomic mass is 9.85. The molecule has 2 aliphatic heterocycles. The Hall–Kier alpha value is -2.13. The second kappa shape index (κ2) is 9.16. The van der Waals surface area contributed by atoms with Crippen LogP contribution >= 0.6 is 0 Å². The number of hydrogen-bond acceptors (Lipinski definition) is 5. The number of piperazine rings is 1. The van der Waals surface area contributed by atoms with E-state index in [2.05, 4.69) is 49.2 Å². The van der Waals surface area contributed by atoms with Gasteiger partial charge in [-0.3, -0.25) is 9.59 Å². The smallest absolute Gasteiger partial charge is 0.312 e. The van der Waals surface area contributed by atoms with Crippen LogP contribution in [0.25, 0.3) is 0 Å². The second-order valence-electron chi connectivity index (χ2n) is 9.46. The van der Waals surface area contributed by atoms with E-state index >= 15 is 0 Å². The number of nitrogens with zero attached hydrogens (tertiary/aromatic N) is 3. The van der Waals surface area contributed by atoms with Gasteiger partial charge in [0.1, 0.15) is 0 Å². The number of para-hydroxylation sites is 1. The molecule has 0 aromatic heterocycles. The first kappa shape index (κ1) is 23.5. The third-order valence-corrected chi connectivity index (χ3v) is 7.38. The first-order valence-corrected chi connectivity index (χ1v) is 12.7. The summed E-state index contributed by atoms with van der Waals surface area (Å²) in [6, 6.07) is 8.18. The molecule has 0 atom stereocenters. The van der Waals surface area contributed by atoms with E-state index in [9.17, 15) is 18.0 Å². The standard InChI is InChI=1S/C22H34N4O4S/c1-22(2,3)18-7-5-6-8-19(18)24-13-15-25(16-14-24)21(28)20(27)23-17-9-11-26(12-10-17)31(4,29)30/h5-8,17H,9-16H2,1-4H3,(H,23,27). The van der Waals surface area contributed by atoms with E-state index in [0.717, 1.165) is 0 Å². The number of nitrogens with one attached hydrogen (secondary N) is 1. The summed E-state index contributed by atoms with van der Waals surface area (Å²) in [6.07, 6.45) is 2.22. The maximum absolute atomic E-state index is 12.7. The van der Waals surface area contributed by atoms with Crippen LogP contribution in [0.3, 0.4) is 0 Å². The van der Waals surface area contributed by atoms with E-state index in [1.807, 2.05) is 6.07 Å². The van der Waals surface area contributed by atoms with Gasteiger partial charge in [0.05, 0.1) is 6.26 Å². The number of carbonyl (C=O) groups is 2. The van der Waals surface area contributed by atoms with Gasteiger partial charge in [0.25, 0.3) is 0 Å². The normalized spacial score (nSPS) is 19.4. The fourth-order valence-electron chi connectivity index (χ4n) is 4.26. The maximum atomic E-state index is 12.7. The van der Waals surface area contributed by atoms with Crippen molar-refractivity contribution in [1.82, 2.24) is 14.5 Å². The van der Waals surface area contributed by atoms with E-state index in [-0.39, 0.29) is 11.5 Å². The van der Waals surface area contributed by atoms with Crippen molar-refractivity contribution in [3.05, 3.63) is 29.8 Å². The van der Waals surface area contributed by atoms with Crippen molar-refractivity contribution in [2.24, 2.45) is 0 Å². The maximum Gasteiger partial charge on any atom is 0.312 e. The zero-order chi connectivity index (χ0) is 22.8. The first-order chi connectivity index (χ1) is 14.5. The van der Waals surface area contributed by atoms with Crippen LogP contribution in [-0.2, 0) is 25.0 Å². The summed E-state index contributed by atoms with van der Waals surface area (Å²) in [4.78, 5) is 29.0. The van der Waals surface area contributed by atoms with E-state index in [4.69, 9.17) is 0 Å². The number of carbonyl (C=O) groups excluding carboxylic acids is 2. The molecule has 1 N–H and O–H groups in total. The quantitative estimate of drug-likeness (QED) is 0.699. The van der Waals surface area contributed by atoms with Gasteiger partial charge in [-0.25, -0.2) is 12.7 Å². The molecule has 2 saturated heterocycles. The third-order valence-electron chi connectivity index (χ3n) is 6.07. The Morgan fingerprint density at radius 1 is 0.968 bits per heavy atom. The van der Waals surface area contributed by atoms with Gasteiger partial charge in [-0.15, -0.1) is 0 Å². The monoisotopic (exact) mass is 450 g/mol. The van der Waals surface area contributed by atoms with Crippen molar-refractivity contribution in [2.45, 2.75) is 45.1 Å². The Kier molecular flexibility index (Phi) is 6.95. The lowest BCUT2D eigenvalue weighted by Crippen LogP contribution is -2.55. The van der Waals surface area contributed by atoms with Gasteiger partial charge in [0, 0.05) is 51.0 Å². The van der Waals surface area contributed by atoms with Crippen LogP contribution < -0.4 is 10.2 Å². The van der Waals surface area contributed by atoms with E-state index < -0.39 is 21.8 Å². The molecule has 1 aromatic carbocycles. The highest BCUT2D eigenvalue weighted by Crippen LogP contribution is 2.32. The van der Waals surface area contributed by atoms with Crippen LogP contribution in [0.5, 0.6) is 0 Å². The molecule has 9 heteroatoms. The molecular weight excluding hydrogens is 416 g/mol. The van der Waals surface area contributed by atoms with Crippen molar-refractivity contribution in [3.8, 4) is 0 Å². The average Bonchev–Trinajstić information content (AvgIpc) is 2.72. The van der Waals surface area contributed by atoms with Gasteiger partial charge in [0.2, 0.25) is 10.0 Å². The van der Waals surface area contributed by atoms with Crippen molar-refractivity contribution in [1.29, 1.82) is 0 Å². The van der Waals surface area contributed by atoms with Crippen molar-refractivity contribution in [3.63, 3.8) is 0 Å². The molecule has 2 amide bonds. The largest absolute Gasteiger partial charge is 0.368 e. The van der Waals surface area contributed by atoms with Crippen LogP contribution in [-0.4, -0.2) is 81.0 Å². The number of hydrogen-bond donors (Lipinski definition) is 1. The van der Waals surface area contributed by atoms with Gasteiger partial charge < -0.3 is 15.1 Å². The number of anilines is 1. The Bertz CT molecular complexity index is 910. The molecule has 31 heavy (non-hydrogen) atoms. The SMILES string of the molecule is CC(C)(C)c1ccccc1N1CCN(C(=O)C(=O)NC2CCN(S(C)(=O)=O)CC2)CC1. The molecule has 1 aromatic rings. The lowest BCUT2D eigenvalue weighted by Gasteiger charge is -2.38. The summed E-state index contributed by atoms with van der Waals surface area (Å²) >= 11 is 0. The van der Waals surface area contributed by atoms with E-state index in [1.54, 1.807) is 4.90 Å². The third kappa shape index (κ3) is 5.77. The number of amides is 2. The van der Waals surface area contributed by atoms with Crippen molar-refractivity contribution >= 4 is 27.5 Å². The molecule has 172 valence electrons. The summed E-state index contributed by atoms with van der Waals surface area (Å²) in [5, 5.41) is 2.79. The zero-order valence-electron chi connectivity index (χ0n) is 18.9. The van der Waals surface area contributed by atoms with Crippen LogP contribution in [0.15, 0.2) is 24.3 Å². The van der Waals surface area contributed by atoms with Gasteiger partial charge in [-0.2, -0.15) is 0 Å². The highest BCUT2D eigenvalue weighted by Gasteiger charge is 2.31. The van der Waals surface area contributed by atoms with Gasteiger partial charge in [0.15, 0.2) is 0 Å². The predicted octanol–water partition coefficient (Wildman–Crippen LogP) is 1.17. The number of piperidine rings is 1. The summed E-state index contributed by atoms with van der Waals surface area (Å²) in [6.45, 7) is 9.66. The topological polar surface area (TPSA) is 90.0 Å². The highest BCUT2D eigenvalue weighted by atomic mass is 32.2. The molecule has 0 spiro atoms. The number of sulfonamides is 1. The van der Waals surface area contributed by atoms with Crippen LogP contribution in [0.1, 0.15) is 39.2 Å². The minimum atomic E-state index is -3.21. The molecule has 0 radical (unpaired) electrons. The fourth-order valence-corrected chi connectivity index (χ4v) is 5.13. The predicted molar refractivity (Wildman–Crippen MR) is 122 cm³/mol. The molecule has 2 fully saturated rings. The fraction of sp³-hybridized carbons (Fsp3) is 0.636. The number of rotatable bonds is 3. The Labute approximate surface area is 185 Å². The van der Waals surface area contributed by atoms with Crippen LogP contribution in [0.2, 0.25) is 0 Å². The van der Waals surface area contributed by atoms with Crippen LogP contribution in [0.4, 0.5) is 5.69 Å². The summed E-state index contributed by atoms with van der Waals surface area (Å²) in [5.74, 6) is -1.10. The first-order valence-electron chi connectivity index (χ1n) is 10.9. The van der Waals surface area contributed by atoms with Gasteiger partial charge in [-0.1, -0.05) is 39.0 Å². The molecule has 0 aliphatic carbocycles. The van der Waals surface area contributed by atoms with Gasteiger partial charge >= 0.3 is 11.8 Å². The molecular formula is C22H34N4O4S. The average molecular weight is 451 g/mol. The molecule has 2 heterocycles. The molecule has 8 nitrogen and oxygen atoms in total. The van der Waals surface area contributed by atoms with E-state index in [0.29, 0.717) is 52.1 Å². The zero-order valence-corrected chi connectivity index (χ0v) is 19.7. The lowest BCUT2D eigenvalue weighted by molar-refractivity contribution is -0.146. The van der Waals surface area contributed by atoms with Crippen molar-refractivity contribution < 1.29 is 18.0 Å². The highest BCUT2D eigenvalue weighted by molar-refractivity contribution is 7.88. The molecule has 3 rings (SSSR count). The molecule has 0 saturated carbocycles. The Balaban J connectivity index is 1.52. The number of benzene rings is 1. The Morgan fingerprint density at radius 3 is 2.10 bits per heavy atom. The van der Waals surface area contributed by atoms with Gasteiger partial charge in [-0.05, 0) is 29.9 Å². The van der Waals surface area contributed by atoms with E-state index in [1.165, 1.54) is 21.8 Å². The molecule has 0 bridgehead atoms.